The number of hydrogen-bond acceptors (Lipinski definition) is 4. The van der Waals surface area contributed by atoms with Gasteiger partial charge in [0.05, 0.1) is 18.8 Å². The molecule has 6 heteroatoms. The lowest BCUT2D eigenvalue weighted by molar-refractivity contribution is 0.000833. The van der Waals surface area contributed by atoms with Crippen LogP contribution >= 0.6 is 0 Å². The first kappa shape index (κ1) is 16.5. The van der Waals surface area contributed by atoms with Crippen LogP contribution in [0.1, 0.15) is 26.7 Å². The molecule has 2 saturated heterocycles. The van der Waals surface area contributed by atoms with Gasteiger partial charge >= 0.3 is 0 Å². The largest absolute Gasteiger partial charge is 0.379 e. The predicted octanol–water partition coefficient (Wildman–Crippen LogP) is 0.441. The molecule has 0 amide bonds. The molecule has 2 unspecified atom stereocenters. The van der Waals surface area contributed by atoms with Gasteiger partial charge in [0.15, 0.2) is 5.96 Å². The van der Waals surface area contributed by atoms with E-state index in [1.807, 2.05) is 7.05 Å². The summed E-state index contributed by atoms with van der Waals surface area (Å²) in [6.45, 7) is 10.6. The van der Waals surface area contributed by atoms with Crippen molar-refractivity contribution in [2.24, 2.45) is 4.99 Å². The topological polar surface area (TPSA) is 58.1 Å². The summed E-state index contributed by atoms with van der Waals surface area (Å²) in [4.78, 5) is 6.73. The predicted molar refractivity (Wildman–Crippen MR) is 84.8 cm³/mol. The lowest BCUT2D eigenvalue weighted by atomic mass is 10.0. The Morgan fingerprint density at radius 2 is 2.24 bits per heavy atom. The molecule has 6 nitrogen and oxygen atoms in total. The van der Waals surface area contributed by atoms with E-state index in [1.54, 1.807) is 0 Å². The van der Waals surface area contributed by atoms with Crippen molar-refractivity contribution in [3.05, 3.63) is 0 Å². The van der Waals surface area contributed by atoms with Crippen molar-refractivity contribution >= 4 is 5.96 Å². The van der Waals surface area contributed by atoms with Gasteiger partial charge in [0.25, 0.3) is 0 Å². The average molecular weight is 298 g/mol. The Kier molecular flexibility index (Phi) is 6.26. The van der Waals surface area contributed by atoms with Crippen LogP contribution in [0, 0.1) is 0 Å². The van der Waals surface area contributed by atoms with Crippen molar-refractivity contribution in [1.82, 2.24) is 15.5 Å². The zero-order valence-corrected chi connectivity index (χ0v) is 13.7. The van der Waals surface area contributed by atoms with Gasteiger partial charge in [0.2, 0.25) is 0 Å². The van der Waals surface area contributed by atoms with E-state index in [9.17, 15) is 0 Å². The molecule has 2 rings (SSSR count). The SMILES string of the molecule is CN=C(NCCN1CCOCC1C)NCC1(C)CCCO1. The third kappa shape index (κ3) is 5.13. The Morgan fingerprint density at radius 3 is 2.90 bits per heavy atom. The van der Waals surface area contributed by atoms with E-state index >= 15 is 0 Å². The minimum absolute atomic E-state index is 0.0453. The number of aliphatic imine (C=N–C) groups is 1. The van der Waals surface area contributed by atoms with Crippen LogP contribution in [-0.2, 0) is 9.47 Å². The lowest BCUT2D eigenvalue weighted by Gasteiger charge is -2.33. The Bertz CT molecular complexity index is 343. The summed E-state index contributed by atoms with van der Waals surface area (Å²) in [5.41, 5.74) is -0.0453. The molecule has 0 aromatic rings. The maximum atomic E-state index is 5.78. The fraction of sp³-hybridized carbons (Fsp3) is 0.933. The molecule has 122 valence electrons. The van der Waals surface area contributed by atoms with E-state index in [2.05, 4.69) is 34.4 Å². The smallest absolute Gasteiger partial charge is 0.191 e. The normalized spacial score (nSPS) is 31.4. The molecule has 2 heterocycles. The van der Waals surface area contributed by atoms with E-state index in [1.165, 1.54) is 0 Å². The fourth-order valence-corrected chi connectivity index (χ4v) is 2.88. The monoisotopic (exact) mass is 298 g/mol. The first-order chi connectivity index (χ1) is 10.1. The molecule has 2 aliphatic heterocycles. The average Bonchev–Trinajstić information content (AvgIpc) is 2.91. The highest BCUT2D eigenvalue weighted by Crippen LogP contribution is 2.23. The summed E-state index contributed by atoms with van der Waals surface area (Å²) in [5.74, 6) is 0.854. The molecule has 0 aliphatic carbocycles. The van der Waals surface area contributed by atoms with E-state index < -0.39 is 0 Å². The van der Waals surface area contributed by atoms with Crippen molar-refractivity contribution < 1.29 is 9.47 Å². The van der Waals surface area contributed by atoms with Crippen LogP contribution in [0.5, 0.6) is 0 Å². The van der Waals surface area contributed by atoms with Crippen LogP contribution in [0.25, 0.3) is 0 Å². The number of nitrogens with zero attached hydrogens (tertiary/aromatic N) is 2. The molecular formula is C15H30N4O2. The van der Waals surface area contributed by atoms with Gasteiger partial charge in [-0.15, -0.1) is 0 Å². The van der Waals surface area contributed by atoms with Crippen LogP contribution < -0.4 is 10.6 Å². The minimum atomic E-state index is -0.0453. The molecule has 0 bridgehead atoms. The summed E-state index contributed by atoms with van der Waals surface area (Å²) >= 11 is 0. The molecule has 2 fully saturated rings. The standard InChI is InChI=1S/C15H30N4O2/c1-13-11-20-10-8-19(13)7-6-17-14(16-3)18-12-15(2)5-4-9-21-15/h13H,4-12H2,1-3H3,(H2,16,17,18). The van der Waals surface area contributed by atoms with Gasteiger partial charge in [-0.3, -0.25) is 9.89 Å². The lowest BCUT2D eigenvalue weighted by Crippen LogP contribution is -2.49. The van der Waals surface area contributed by atoms with Crippen molar-refractivity contribution in [1.29, 1.82) is 0 Å². The molecule has 21 heavy (non-hydrogen) atoms. The van der Waals surface area contributed by atoms with Crippen molar-refractivity contribution in [2.75, 3.05) is 53.0 Å². The van der Waals surface area contributed by atoms with E-state index in [4.69, 9.17) is 9.47 Å². The molecule has 2 aliphatic rings. The van der Waals surface area contributed by atoms with Crippen LogP contribution in [0.2, 0.25) is 0 Å². The zero-order valence-electron chi connectivity index (χ0n) is 13.7. The molecular weight excluding hydrogens is 268 g/mol. The van der Waals surface area contributed by atoms with Crippen LogP contribution in [-0.4, -0.2) is 75.5 Å². The second kappa shape index (κ2) is 7.96. The quantitative estimate of drug-likeness (QED) is 0.570. The summed E-state index contributed by atoms with van der Waals surface area (Å²) in [6.07, 6.45) is 2.27. The van der Waals surface area contributed by atoms with Gasteiger partial charge in [0, 0.05) is 45.9 Å². The van der Waals surface area contributed by atoms with Crippen LogP contribution in [0.3, 0.4) is 0 Å². The van der Waals surface area contributed by atoms with Crippen molar-refractivity contribution in [3.8, 4) is 0 Å². The molecule has 2 atom stereocenters. The highest BCUT2D eigenvalue weighted by atomic mass is 16.5. The molecule has 0 saturated carbocycles. The summed E-state index contributed by atoms with van der Waals surface area (Å²) in [5, 5.41) is 6.75. The second-order valence-electron chi connectivity index (χ2n) is 6.21. The number of hydrogen-bond donors (Lipinski definition) is 2. The number of rotatable bonds is 5. The summed E-state index contributed by atoms with van der Waals surface area (Å²) in [7, 11) is 1.81. The second-order valence-corrected chi connectivity index (χ2v) is 6.21. The van der Waals surface area contributed by atoms with Crippen molar-refractivity contribution in [2.45, 2.75) is 38.3 Å². The van der Waals surface area contributed by atoms with Crippen molar-refractivity contribution in [3.63, 3.8) is 0 Å². The molecule has 0 radical (unpaired) electrons. The molecule has 0 aromatic heterocycles. The molecule has 0 aromatic carbocycles. The number of ether oxygens (including phenoxy) is 2. The number of guanidine groups is 1. The third-order valence-electron chi connectivity index (χ3n) is 4.35. The Morgan fingerprint density at radius 1 is 1.38 bits per heavy atom. The fourth-order valence-electron chi connectivity index (χ4n) is 2.88. The van der Waals surface area contributed by atoms with Gasteiger partial charge in [0.1, 0.15) is 0 Å². The van der Waals surface area contributed by atoms with Gasteiger partial charge in [-0.25, -0.2) is 0 Å². The van der Waals surface area contributed by atoms with Gasteiger partial charge in [-0.05, 0) is 26.7 Å². The van der Waals surface area contributed by atoms with Gasteiger partial charge in [-0.1, -0.05) is 0 Å². The maximum absolute atomic E-state index is 5.78. The maximum Gasteiger partial charge on any atom is 0.191 e. The first-order valence-electron chi connectivity index (χ1n) is 8.03. The highest BCUT2D eigenvalue weighted by Gasteiger charge is 2.29. The van der Waals surface area contributed by atoms with Crippen LogP contribution in [0.4, 0.5) is 0 Å². The van der Waals surface area contributed by atoms with E-state index in [0.717, 1.165) is 64.8 Å². The highest BCUT2D eigenvalue weighted by molar-refractivity contribution is 5.79. The van der Waals surface area contributed by atoms with Crippen LogP contribution in [0.15, 0.2) is 4.99 Å². The third-order valence-corrected chi connectivity index (χ3v) is 4.35. The van der Waals surface area contributed by atoms with E-state index in [0.29, 0.717) is 6.04 Å². The van der Waals surface area contributed by atoms with E-state index in [-0.39, 0.29) is 5.60 Å². The number of nitrogens with one attached hydrogen (secondary N) is 2. The molecule has 2 N–H and O–H groups in total. The molecule has 0 spiro atoms. The first-order valence-corrected chi connectivity index (χ1v) is 8.03. The van der Waals surface area contributed by atoms with Gasteiger partial charge in [-0.2, -0.15) is 0 Å². The summed E-state index contributed by atoms with van der Waals surface area (Å²) < 4.78 is 11.2. The van der Waals surface area contributed by atoms with Gasteiger partial charge < -0.3 is 20.1 Å². The minimum Gasteiger partial charge on any atom is -0.379 e. The Hall–Kier alpha value is -0.850. The summed E-state index contributed by atoms with van der Waals surface area (Å²) in [6, 6.07) is 0.501. The Balaban J connectivity index is 1.65. The Labute approximate surface area is 128 Å². The zero-order chi connectivity index (χ0) is 15.1. The number of morpholine rings is 1.